The number of fused-ring (bicyclic) bond motifs is 1. The summed E-state index contributed by atoms with van der Waals surface area (Å²) < 4.78 is 30.7. The maximum Gasteiger partial charge on any atom is 0.257 e. The number of sulfonamides is 1. The molecule has 9 nitrogen and oxygen atoms in total. The summed E-state index contributed by atoms with van der Waals surface area (Å²) in [5, 5.41) is 4.21. The fraction of sp³-hybridized carbons (Fsp3) is 0.455. The summed E-state index contributed by atoms with van der Waals surface area (Å²) in [6.45, 7) is 2.76. The maximum atomic E-state index is 11.8. The molecule has 1 fully saturated rings. The van der Waals surface area contributed by atoms with Crippen molar-refractivity contribution in [1.29, 1.82) is 0 Å². The zero-order valence-corrected chi connectivity index (χ0v) is 18.8. The number of benzene rings is 1. The second-order valence-electron chi connectivity index (χ2n) is 8.53. The van der Waals surface area contributed by atoms with Crippen LogP contribution in [0.4, 0.5) is 5.95 Å². The van der Waals surface area contributed by atoms with E-state index in [9.17, 15) is 8.42 Å². The molecule has 0 amide bonds. The van der Waals surface area contributed by atoms with E-state index in [2.05, 4.69) is 25.0 Å². The van der Waals surface area contributed by atoms with Gasteiger partial charge in [-0.1, -0.05) is 11.2 Å². The van der Waals surface area contributed by atoms with Crippen LogP contribution in [0.25, 0.3) is 11.5 Å². The Morgan fingerprint density at radius 3 is 2.62 bits per heavy atom. The first-order chi connectivity index (χ1) is 15.5. The molecule has 0 aliphatic carbocycles. The standard InChI is InChI=1S/C22H26N6O3S/c1-32(29,30)28-12-7-17-14-18(3-4-19(17)15-28)21-25-20(26-31-21)13-16-5-10-27(11-6-16)22-23-8-2-9-24-22/h2-4,8-9,14,16H,5-7,10-13,15H2,1H3. The van der Waals surface area contributed by atoms with E-state index in [0.29, 0.717) is 31.3 Å². The summed E-state index contributed by atoms with van der Waals surface area (Å²) >= 11 is 0. The minimum Gasteiger partial charge on any atom is -0.341 e. The third-order valence-electron chi connectivity index (χ3n) is 6.29. The molecule has 1 aromatic carbocycles. The third-order valence-corrected chi connectivity index (χ3v) is 7.54. The van der Waals surface area contributed by atoms with E-state index in [-0.39, 0.29) is 0 Å². The molecule has 0 bridgehead atoms. The lowest BCUT2D eigenvalue weighted by Gasteiger charge is -2.31. The fourth-order valence-corrected chi connectivity index (χ4v) is 5.24. The van der Waals surface area contributed by atoms with Gasteiger partial charge in [0.2, 0.25) is 16.0 Å². The average molecular weight is 455 g/mol. The zero-order valence-electron chi connectivity index (χ0n) is 18.0. The lowest BCUT2D eigenvalue weighted by Crippen LogP contribution is -2.35. The van der Waals surface area contributed by atoms with Gasteiger partial charge >= 0.3 is 0 Å². The Kier molecular flexibility index (Phi) is 5.64. The van der Waals surface area contributed by atoms with Crippen LogP contribution >= 0.6 is 0 Å². The molecule has 2 aromatic heterocycles. The van der Waals surface area contributed by atoms with Crippen LogP contribution in [0.3, 0.4) is 0 Å². The van der Waals surface area contributed by atoms with Gasteiger partial charge in [-0.25, -0.2) is 18.4 Å². The predicted octanol–water partition coefficient (Wildman–Crippen LogP) is 2.30. The molecule has 2 aliphatic heterocycles. The quantitative estimate of drug-likeness (QED) is 0.578. The van der Waals surface area contributed by atoms with Crippen molar-refractivity contribution in [2.75, 3.05) is 30.8 Å². The van der Waals surface area contributed by atoms with Crippen LogP contribution in [0.5, 0.6) is 0 Å². The van der Waals surface area contributed by atoms with E-state index < -0.39 is 10.0 Å². The number of anilines is 1. The summed E-state index contributed by atoms with van der Waals surface area (Å²) in [7, 11) is -3.18. The molecule has 0 saturated carbocycles. The van der Waals surface area contributed by atoms with Crippen LogP contribution in [-0.4, -0.2) is 58.7 Å². The molecule has 0 N–H and O–H groups in total. The summed E-state index contributed by atoms with van der Waals surface area (Å²) in [6, 6.07) is 7.77. The maximum absolute atomic E-state index is 11.8. The number of rotatable bonds is 5. The fourth-order valence-electron chi connectivity index (χ4n) is 4.45. The lowest BCUT2D eigenvalue weighted by molar-refractivity contribution is 0.376. The molecule has 1 saturated heterocycles. The third kappa shape index (κ3) is 4.51. The minimum atomic E-state index is -3.18. The van der Waals surface area contributed by atoms with Crippen molar-refractivity contribution >= 4 is 16.0 Å². The Bertz CT molecular complexity index is 1190. The first-order valence-corrected chi connectivity index (χ1v) is 12.7. The number of aromatic nitrogens is 4. The molecule has 2 aliphatic rings. The summed E-state index contributed by atoms with van der Waals surface area (Å²) in [5.41, 5.74) is 3.04. The van der Waals surface area contributed by atoms with Gasteiger partial charge in [0.15, 0.2) is 5.82 Å². The van der Waals surface area contributed by atoms with E-state index in [4.69, 9.17) is 4.52 Å². The van der Waals surface area contributed by atoms with E-state index in [1.807, 2.05) is 24.3 Å². The van der Waals surface area contributed by atoms with Gasteiger partial charge in [-0.3, -0.25) is 0 Å². The SMILES string of the molecule is CS(=O)(=O)N1CCc2cc(-c3nc(CC4CCN(c5ncccn5)CC4)no3)ccc2C1. The van der Waals surface area contributed by atoms with Gasteiger partial charge in [-0.2, -0.15) is 9.29 Å². The lowest BCUT2D eigenvalue weighted by atomic mass is 9.93. The number of hydrogen-bond acceptors (Lipinski definition) is 8. The highest BCUT2D eigenvalue weighted by Crippen LogP contribution is 2.28. The van der Waals surface area contributed by atoms with Gasteiger partial charge in [0, 0.05) is 50.6 Å². The Labute approximate surface area is 187 Å². The van der Waals surface area contributed by atoms with E-state index in [1.165, 1.54) is 10.6 Å². The second-order valence-corrected chi connectivity index (χ2v) is 10.5. The first kappa shape index (κ1) is 21.0. The Balaban J connectivity index is 1.21. The highest BCUT2D eigenvalue weighted by molar-refractivity contribution is 7.88. The molecular weight excluding hydrogens is 428 g/mol. The van der Waals surface area contributed by atoms with Gasteiger partial charge in [0.1, 0.15) is 0 Å². The average Bonchev–Trinajstić information content (AvgIpc) is 3.27. The Hall–Kier alpha value is -2.85. The largest absolute Gasteiger partial charge is 0.341 e. The van der Waals surface area contributed by atoms with Crippen molar-refractivity contribution in [2.45, 2.75) is 32.2 Å². The van der Waals surface area contributed by atoms with Crippen LogP contribution < -0.4 is 4.90 Å². The van der Waals surface area contributed by atoms with E-state index in [1.54, 1.807) is 12.4 Å². The monoisotopic (exact) mass is 454 g/mol. The molecule has 168 valence electrons. The molecule has 0 spiro atoms. The van der Waals surface area contributed by atoms with E-state index >= 15 is 0 Å². The summed E-state index contributed by atoms with van der Waals surface area (Å²) in [6.07, 6.45) is 8.36. The molecule has 10 heteroatoms. The Morgan fingerprint density at radius 2 is 1.88 bits per heavy atom. The van der Waals surface area contributed by atoms with Gasteiger partial charge in [-0.15, -0.1) is 0 Å². The molecule has 32 heavy (non-hydrogen) atoms. The number of hydrogen-bond donors (Lipinski definition) is 0. The van der Waals surface area contributed by atoms with Gasteiger partial charge in [0.25, 0.3) is 5.89 Å². The highest BCUT2D eigenvalue weighted by Gasteiger charge is 2.25. The van der Waals surface area contributed by atoms with Crippen LogP contribution in [0.1, 0.15) is 29.8 Å². The minimum absolute atomic E-state index is 0.413. The van der Waals surface area contributed by atoms with Crippen molar-refractivity contribution in [1.82, 2.24) is 24.4 Å². The molecule has 0 unspecified atom stereocenters. The Morgan fingerprint density at radius 1 is 1.09 bits per heavy atom. The van der Waals surface area contributed by atoms with Crippen molar-refractivity contribution in [2.24, 2.45) is 5.92 Å². The van der Waals surface area contributed by atoms with Gasteiger partial charge < -0.3 is 9.42 Å². The predicted molar refractivity (Wildman–Crippen MR) is 119 cm³/mol. The highest BCUT2D eigenvalue weighted by atomic mass is 32.2. The van der Waals surface area contributed by atoms with Crippen molar-refractivity contribution < 1.29 is 12.9 Å². The van der Waals surface area contributed by atoms with Crippen LogP contribution in [-0.2, 0) is 29.4 Å². The molecule has 0 atom stereocenters. The van der Waals surface area contributed by atoms with Crippen molar-refractivity contribution in [3.05, 3.63) is 53.6 Å². The van der Waals surface area contributed by atoms with Crippen molar-refractivity contribution in [3.8, 4) is 11.5 Å². The van der Waals surface area contributed by atoms with Crippen molar-refractivity contribution in [3.63, 3.8) is 0 Å². The summed E-state index contributed by atoms with van der Waals surface area (Å²) in [5.74, 6) is 2.55. The first-order valence-electron chi connectivity index (χ1n) is 10.9. The van der Waals surface area contributed by atoms with Gasteiger partial charge in [-0.05, 0) is 54.5 Å². The summed E-state index contributed by atoms with van der Waals surface area (Å²) in [4.78, 5) is 15.5. The molecule has 0 radical (unpaired) electrons. The number of nitrogens with zero attached hydrogens (tertiary/aromatic N) is 6. The molecule has 4 heterocycles. The van der Waals surface area contributed by atoms with Crippen LogP contribution in [0, 0.1) is 5.92 Å². The molecular formula is C22H26N6O3S. The van der Waals surface area contributed by atoms with E-state index in [0.717, 1.165) is 60.8 Å². The molecule has 5 rings (SSSR count). The van der Waals surface area contributed by atoms with Crippen LogP contribution in [0.15, 0.2) is 41.2 Å². The van der Waals surface area contributed by atoms with Crippen LogP contribution in [0.2, 0.25) is 0 Å². The number of piperidine rings is 1. The second kappa shape index (κ2) is 8.59. The smallest absolute Gasteiger partial charge is 0.257 e. The van der Waals surface area contributed by atoms with Gasteiger partial charge in [0.05, 0.1) is 6.26 Å². The molecule has 3 aromatic rings. The normalized spacial score (nSPS) is 18.0. The zero-order chi connectivity index (χ0) is 22.1. The topological polar surface area (TPSA) is 105 Å².